The van der Waals surface area contributed by atoms with Crippen LogP contribution in [0.2, 0.25) is 0 Å². The van der Waals surface area contributed by atoms with Crippen LogP contribution in [0.25, 0.3) is 0 Å². The lowest BCUT2D eigenvalue weighted by molar-refractivity contribution is -0.112. The summed E-state index contributed by atoms with van der Waals surface area (Å²) in [7, 11) is 0. The first-order valence-corrected chi connectivity index (χ1v) is 5.82. The number of ether oxygens (including phenoxy) is 1. The molecule has 0 spiro atoms. The summed E-state index contributed by atoms with van der Waals surface area (Å²) in [5.41, 5.74) is 1.14. The first-order valence-electron chi connectivity index (χ1n) is 5.82. The molecule has 0 saturated heterocycles. The van der Waals surface area contributed by atoms with Crippen LogP contribution in [0, 0.1) is 12.8 Å². The third-order valence-corrected chi connectivity index (χ3v) is 3.08. The molecule has 1 saturated carbocycles. The molecule has 0 N–H and O–H groups in total. The number of aldehydes is 1. The highest BCUT2D eigenvalue weighted by molar-refractivity contribution is 5.53. The summed E-state index contributed by atoms with van der Waals surface area (Å²) in [4.78, 5) is 14.8. The van der Waals surface area contributed by atoms with E-state index in [1.54, 1.807) is 0 Å². The van der Waals surface area contributed by atoms with Gasteiger partial charge in [-0.1, -0.05) is 6.07 Å². The molecule has 86 valence electrons. The lowest BCUT2D eigenvalue weighted by atomic mass is 9.88. The first-order chi connectivity index (χ1) is 7.78. The molecule has 1 aliphatic carbocycles. The van der Waals surface area contributed by atoms with Crippen LogP contribution in [-0.4, -0.2) is 17.4 Å². The molecule has 3 nitrogen and oxygen atoms in total. The van der Waals surface area contributed by atoms with Crippen molar-refractivity contribution >= 4 is 6.29 Å². The molecule has 3 heteroatoms. The molecule has 0 atom stereocenters. The van der Waals surface area contributed by atoms with Gasteiger partial charge in [-0.2, -0.15) is 0 Å². The molecule has 1 heterocycles. The second-order valence-electron chi connectivity index (χ2n) is 4.46. The lowest BCUT2D eigenvalue weighted by Gasteiger charge is -2.25. The minimum Gasteiger partial charge on any atom is -0.474 e. The average molecular weight is 219 g/mol. The van der Waals surface area contributed by atoms with Crippen molar-refractivity contribution in [1.82, 2.24) is 4.98 Å². The Balaban J connectivity index is 1.86. The van der Waals surface area contributed by atoms with Crippen LogP contribution in [0.3, 0.4) is 0 Å². The monoisotopic (exact) mass is 219 g/mol. The third-order valence-electron chi connectivity index (χ3n) is 3.08. The van der Waals surface area contributed by atoms with Crippen molar-refractivity contribution in [1.29, 1.82) is 0 Å². The minimum absolute atomic E-state index is 0.228. The van der Waals surface area contributed by atoms with Gasteiger partial charge >= 0.3 is 0 Å². The van der Waals surface area contributed by atoms with E-state index in [9.17, 15) is 4.79 Å². The normalized spacial score (nSPS) is 25.1. The third kappa shape index (κ3) is 2.81. The molecule has 0 bridgehead atoms. The number of hydrogen-bond acceptors (Lipinski definition) is 3. The molecule has 16 heavy (non-hydrogen) atoms. The number of aromatic nitrogens is 1. The fourth-order valence-electron chi connectivity index (χ4n) is 2.04. The van der Waals surface area contributed by atoms with Crippen LogP contribution in [-0.2, 0) is 4.79 Å². The van der Waals surface area contributed by atoms with Crippen LogP contribution < -0.4 is 4.74 Å². The van der Waals surface area contributed by atoms with Gasteiger partial charge in [-0.3, -0.25) is 0 Å². The molecular formula is C13H17NO2. The van der Waals surface area contributed by atoms with Gasteiger partial charge in [-0.25, -0.2) is 4.98 Å². The second kappa shape index (κ2) is 5.10. The Kier molecular flexibility index (Phi) is 3.54. The van der Waals surface area contributed by atoms with Gasteiger partial charge < -0.3 is 9.53 Å². The summed E-state index contributed by atoms with van der Waals surface area (Å²) in [6, 6.07) is 3.90. The standard InChI is InChI=1S/C13H17NO2/c1-10-2-7-13(14-8-10)16-12-5-3-11(9-15)4-6-12/h2,7-9,11-12H,3-6H2,1H3/t11-,12-. The van der Waals surface area contributed by atoms with Gasteiger partial charge in [-0.15, -0.1) is 0 Å². The Hall–Kier alpha value is -1.38. The number of nitrogens with zero attached hydrogens (tertiary/aromatic N) is 1. The number of carbonyl (C=O) groups excluding carboxylic acids is 1. The first kappa shape index (κ1) is 11.1. The summed E-state index contributed by atoms with van der Waals surface area (Å²) in [5.74, 6) is 0.936. The van der Waals surface area contributed by atoms with Crippen LogP contribution in [0.1, 0.15) is 31.2 Å². The highest BCUT2D eigenvalue weighted by atomic mass is 16.5. The van der Waals surface area contributed by atoms with E-state index in [4.69, 9.17) is 4.74 Å². The number of pyridine rings is 1. The summed E-state index contributed by atoms with van der Waals surface area (Å²) in [6.45, 7) is 2.01. The molecule has 1 fully saturated rings. The van der Waals surface area contributed by atoms with Crippen molar-refractivity contribution < 1.29 is 9.53 Å². The zero-order valence-corrected chi connectivity index (χ0v) is 9.56. The van der Waals surface area contributed by atoms with Gasteiger partial charge in [0.15, 0.2) is 0 Å². The van der Waals surface area contributed by atoms with E-state index in [0.717, 1.165) is 37.5 Å². The Morgan fingerprint density at radius 2 is 2.06 bits per heavy atom. The van der Waals surface area contributed by atoms with Crippen molar-refractivity contribution in [3.8, 4) is 5.88 Å². The van der Waals surface area contributed by atoms with Gasteiger partial charge in [0.25, 0.3) is 0 Å². The number of hydrogen-bond donors (Lipinski definition) is 0. The molecule has 1 aromatic heterocycles. The average Bonchev–Trinajstić information content (AvgIpc) is 2.33. The smallest absolute Gasteiger partial charge is 0.213 e. The largest absolute Gasteiger partial charge is 0.474 e. The number of rotatable bonds is 3. The number of aryl methyl sites for hydroxylation is 1. The van der Waals surface area contributed by atoms with Gasteiger partial charge in [0, 0.05) is 18.2 Å². The van der Waals surface area contributed by atoms with Crippen LogP contribution in [0.4, 0.5) is 0 Å². The SMILES string of the molecule is Cc1ccc(O[C@H]2CC[C@H](C=O)CC2)nc1. The molecule has 0 unspecified atom stereocenters. The van der Waals surface area contributed by atoms with E-state index >= 15 is 0 Å². The van der Waals surface area contributed by atoms with Gasteiger partial charge in [0.05, 0.1) is 0 Å². The molecule has 1 aliphatic rings. The van der Waals surface area contributed by atoms with E-state index in [2.05, 4.69) is 4.98 Å². The maximum Gasteiger partial charge on any atom is 0.213 e. The Morgan fingerprint density at radius 1 is 1.31 bits per heavy atom. The summed E-state index contributed by atoms with van der Waals surface area (Å²) < 4.78 is 5.78. The molecule has 0 aliphatic heterocycles. The molecule has 0 aromatic carbocycles. The predicted octanol–water partition coefficient (Wildman–Crippen LogP) is 2.53. The molecule has 0 amide bonds. The maximum absolute atomic E-state index is 10.6. The van der Waals surface area contributed by atoms with Crippen molar-refractivity contribution in [3.63, 3.8) is 0 Å². The van der Waals surface area contributed by atoms with Gasteiger partial charge in [0.1, 0.15) is 12.4 Å². The zero-order chi connectivity index (χ0) is 11.4. The zero-order valence-electron chi connectivity index (χ0n) is 9.56. The molecular weight excluding hydrogens is 202 g/mol. The maximum atomic E-state index is 10.6. The Bertz CT molecular complexity index is 339. The van der Waals surface area contributed by atoms with Crippen molar-refractivity contribution in [2.24, 2.45) is 5.92 Å². The molecule has 0 radical (unpaired) electrons. The fourth-order valence-corrected chi connectivity index (χ4v) is 2.04. The Labute approximate surface area is 95.8 Å². The van der Waals surface area contributed by atoms with E-state index in [1.165, 1.54) is 0 Å². The van der Waals surface area contributed by atoms with Gasteiger partial charge in [-0.05, 0) is 38.2 Å². The lowest BCUT2D eigenvalue weighted by Crippen LogP contribution is -2.24. The van der Waals surface area contributed by atoms with Crippen LogP contribution in [0.5, 0.6) is 5.88 Å². The van der Waals surface area contributed by atoms with E-state index < -0.39 is 0 Å². The summed E-state index contributed by atoms with van der Waals surface area (Å²) >= 11 is 0. The summed E-state index contributed by atoms with van der Waals surface area (Å²) in [5, 5.41) is 0. The van der Waals surface area contributed by atoms with Crippen molar-refractivity contribution in [2.75, 3.05) is 0 Å². The minimum atomic E-state index is 0.228. The van der Waals surface area contributed by atoms with Crippen molar-refractivity contribution in [2.45, 2.75) is 38.7 Å². The number of carbonyl (C=O) groups is 1. The second-order valence-corrected chi connectivity index (χ2v) is 4.46. The predicted molar refractivity (Wildman–Crippen MR) is 61.4 cm³/mol. The van der Waals surface area contributed by atoms with E-state index in [-0.39, 0.29) is 12.0 Å². The Morgan fingerprint density at radius 3 is 2.62 bits per heavy atom. The molecule has 1 aromatic rings. The van der Waals surface area contributed by atoms with E-state index in [1.807, 2.05) is 25.3 Å². The summed E-state index contributed by atoms with van der Waals surface area (Å²) in [6.07, 6.45) is 6.91. The highest BCUT2D eigenvalue weighted by Gasteiger charge is 2.21. The van der Waals surface area contributed by atoms with Crippen molar-refractivity contribution in [3.05, 3.63) is 23.9 Å². The van der Waals surface area contributed by atoms with Crippen LogP contribution >= 0.6 is 0 Å². The van der Waals surface area contributed by atoms with E-state index in [0.29, 0.717) is 5.88 Å². The quantitative estimate of drug-likeness (QED) is 0.733. The molecule has 2 rings (SSSR count). The fraction of sp³-hybridized carbons (Fsp3) is 0.538. The highest BCUT2D eigenvalue weighted by Crippen LogP contribution is 2.25. The topological polar surface area (TPSA) is 39.2 Å². The van der Waals surface area contributed by atoms with Gasteiger partial charge in [0.2, 0.25) is 5.88 Å². The van der Waals surface area contributed by atoms with Crippen LogP contribution in [0.15, 0.2) is 18.3 Å².